The van der Waals surface area contributed by atoms with Crippen molar-refractivity contribution < 1.29 is 4.43 Å². The molecule has 0 aliphatic heterocycles. The summed E-state index contributed by atoms with van der Waals surface area (Å²) in [6.07, 6.45) is 0.976. The standard InChI is InChI=1S/C22H33BrN2OSi/c1-22(2,3)27(4,5)26-15-9-14-25-21(17-10-7-6-8-11-17)19-16-18(23)12-13-20(19)24/h6-8,10-13,16,21,25H,9,14-15,24H2,1-5H3. The maximum atomic E-state index is 6.30. The molecule has 0 heterocycles. The fourth-order valence-corrected chi connectivity index (χ4v) is 4.18. The molecular formula is C22H33BrN2OSi. The first kappa shape index (κ1) is 22.1. The Morgan fingerprint density at radius 1 is 1.11 bits per heavy atom. The molecule has 2 aromatic carbocycles. The van der Waals surface area contributed by atoms with Crippen LogP contribution in [0.3, 0.4) is 0 Å². The van der Waals surface area contributed by atoms with Crippen molar-refractivity contribution >= 4 is 29.9 Å². The molecule has 148 valence electrons. The van der Waals surface area contributed by atoms with Crippen LogP contribution in [-0.4, -0.2) is 21.5 Å². The Hall–Kier alpha value is -1.14. The fourth-order valence-electron chi connectivity index (χ4n) is 2.71. The Balaban J connectivity index is 2.03. The van der Waals surface area contributed by atoms with Gasteiger partial charge in [-0.1, -0.05) is 67.0 Å². The van der Waals surface area contributed by atoms with Crippen molar-refractivity contribution in [2.24, 2.45) is 0 Å². The van der Waals surface area contributed by atoms with Crippen LogP contribution in [0.25, 0.3) is 0 Å². The van der Waals surface area contributed by atoms with E-state index in [0.717, 1.165) is 35.3 Å². The van der Waals surface area contributed by atoms with E-state index in [1.165, 1.54) is 5.56 Å². The third-order valence-corrected chi connectivity index (χ3v) is 10.5. The third kappa shape index (κ3) is 6.18. The molecule has 0 fully saturated rings. The van der Waals surface area contributed by atoms with Crippen LogP contribution in [0.5, 0.6) is 0 Å². The minimum Gasteiger partial charge on any atom is -0.417 e. The van der Waals surface area contributed by atoms with Gasteiger partial charge in [0.25, 0.3) is 0 Å². The lowest BCUT2D eigenvalue weighted by molar-refractivity contribution is 0.279. The van der Waals surface area contributed by atoms with Crippen molar-refractivity contribution in [1.29, 1.82) is 0 Å². The lowest BCUT2D eigenvalue weighted by Crippen LogP contribution is -2.41. The van der Waals surface area contributed by atoms with Gasteiger partial charge in [0.15, 0.2) is 8.32 Å². The number of halogens is 1. The first-order valence-electron chi connectivity index (χ1n) is 9.59. The molecule has 2 rings (SSSR count). The molecule has 1 unspecified atom stereocenters. The fraction of sp³-hybridized carbons (Fsp3) is 0.455. The lowest BCUT2D eigenvalue weighted by Gasteiger charge is -2.36. The summed E-state index contributed by atoms with van der Waals surface area (Å²) in [6, 6.07) is 16.6. The van der Waals surface area contributed by atoms with Crippen molar-refractivity contribution in [2.45, 2.75) is 51.4 Å². The number of nitrogens with two attached hydrogens (primary N) is 1. The molecule has 0 saturated carbocycles. The quantitative estimate of drug-likeness (QED) is 0.290. The van der Waals surface area contributed by atoms with Crippen LogP contribution >= 0.6 is 15.9 Å². The molecule has 1 atom stereocenters. The van der Waals surface area contributed by atoms with Gasteiger partial charge in [0.2, 0.25) is 0 Å². The molecule has 0 radical (unpaired) electrons. The van der Waals surface area contributed by atoms with Gasteiger partial charge < -0.3 is 15.5 Å². The first-order valence-corrected chi connectivity index (χ1v) is 13.3. The van der Waals surface area contributed by atoms with E-state index in [1.807, 2.05) is 18.2 Å². The van der Waals surface area contributed by atoms with Gasteiger partial charge in [-0.3, -0.25) is 0 Å². The largest absolute Gasteiger partial charge is 0.417 e. The average Bonchev–Trinajstić information content (AvgIpc) is 2.60. The van der Waals surface area contributed by atoms with Crippen molar-refractivity contribution in [2.75, 3.05) is 18.9 Å². The molecule has 5 heteroatoms. The average molecular weight is 450 g/mol. The van der Waals surface area contributed by atoms with Gasteiger partial charge in [0.05, 0.1) is 6.04 Å². The topological polar surface area (TPSA) is 47.3 Å². The van der Waals surface area contributed by atoms with E-state index >= 15 is 0 Å². The summed E-state index contributed by atoms with van der Waals surface area (Å²) in [4.78, 5) is 0. The predicted octanol–water partition coefficient (Wildman–Crippen LogP) is 6.12. The maximum absolute atomic E-state index is 6.30. The zero-order chi connectivity index (χ0) is 20.1. The second-order valence-corrected chi connectivity index (χ2v) is 14.3. The summed E-state index contributed by atoms with van der Waals surface area (Å²) in [7, 11) is -1.68. The van der Waals surface area contributed by atoms with Gasteiger partial charge in [-0.15, -0.1) is 0 Å². The van der Waals surface area contributed by atoms with E-state index in [-0.39, 0.29) is 11.1 Å². The number of anilines is 1. The number of nitrogen functional groups attached to an aromatic ring is 1. The second kappa shape index (κ2) is 9.37. The van der Waals surface area contributed by atoms with E-state index in [0.29, 0.717) is 0 Å². The number of rotatable bonds is 8. The van der Waals surface area contributed by atoms with Crippen LogP contribution in [0.4, 0.5) is 5.69 Å². The van der Waals surface area contributed by atoms with Crippen LogP contribution < -0.4 is 11.1 Å². The molecule has 0 saturated heterocycles. The van der Waals surface area contributed by atoms with Crippen molar-refractivity contribution in [1.82, 2.24) is 5.32 Å². The van der Waals surface area contributed by atoms with Gasteiger partial charge in [-0.25, -0.2) is 0 Å². The van der Waals surface area contributed by atoms with E-state index in [9.17, 15) is 0 Å². The van der Waals surface area contributed by atoms with Gasteiger partial charge in [-0.05, 0) is 60.4 Å². The molecule has 3 N–H and O–H groups in total. The summed E-state index contributed by atoms with van der Waals surface area (Å²) in [5.41, 5.74) is 9.40. The molecule has 0 bridgehead atoms. The Bertz CT molecular complexity index is 729. The highest BCUT2D eigenvalue weighted by atomic mass is 79.9. The number of hydrogen-bond donors (Lipinski definition) is 2. The molecule has 3 nitrogen and oxygen atoms in total. The van der Waals surface area contributed by atoms with E-state index in [1.54, 1.807) is 0 Å². The number of nitrogens with one attached hydrogen (secondary N) is 1. The van der Waals surface area contributed by atoms with Gasteiger partial charge in [-0.2, -0.15) is 0 Å². The van der Waals surface area contributed by atoms with Crippen LogP contribution in [0.2, 0.25) is 18.1 Å². The van der Waals surface area contributed by atoms with Gasteiger partial charge in [0, 0.05) is 16.8 Å². The van der Waals surface area contributed by atoms with Crippen molar-refractivity contribution in [3.8, 4) is 0 Å². The zero-order valence-corrected chi connectivity index (χ0v) is 19.8. The third-order valence-electron chi connectivity index (χ3n) is 5.43. The molecule has 2 aromatic rings. The summed E-state index contributed by atoms with van der Waals surface area (Å²) in [5.74, 6) is 0. The lowest BCUT2D eigenvalue weighted by atomic mass is 9.97. The normalized spacial score (nSPS) is 13.6. The van der Waals surface area contributed by atoms with Crippen LogP contribution in [0.1, 0.15) is 44.4 Å². The number of benzene rings is 2. The van der Waals surface area contributed by atoms with Crippen LogP contribution in [0, 0.1) is 0 Å². The molecule has 27 heavy (non-hydrogen) atoms. The highest BCUT2D eigenvalue weighted by molar-refractivity contribution is 9.10. The summed E-state index contributed by atoms with van der Waals surface area (Å²) in [5, 5.41) is 3.93. The van der Waals surface area contributed by atoms with Gasteiger partial charge in [0.1, 0.15) is 0 Å². The Morgan fingerprint density at radius 2 is 1.78 bits per heavy atom. The van der Waals surface area contributed by atoms with E-state index < -0.39 is 8.32 Å². The Kier molecular flexibility index (Phi) is 7.69. The van der Waals surface area contributed by atoms with Crippen LogP contribution in [0.15, 0.2) is 53.0 Å². The smallest absolute Gasteiger partial charge is 0.191 e. The highest BCUT2D eigenvalue weighted by Crippen LogP contribution is 2.36. The molecule has 0 aliphatic rings. The van der Waals surface area contributed by atoms with E-state index in [4.69, 9.17) is 10.2 Å². The minimum atomic E-state index is -1.68. The highest BCUT2D eigenvalue weighted by Gasteiger charge is 2.36. The SMILES string of the molecule is CC(C)(C)[Si](C)(C)OCCCNC(c1ccccc1)c1cc(Br)ccc1N. The maximum Gasteiger partial charge on any atom is 0.191 e. The number of hydrogen-bond acceptors (Lipinski definition) is 3. The molecule has 0 spiro atoms. The van der Waals surface area contributed by atoms with Gasteiger partial charge >= 0.3 is 0 Å². The van der Waals surface area contributed by atoms with E-state index in [2.05, 4.69) is 85.4 Å². The second-order valence-electron chi connectivity index (χ2n) is 8.53. The van der Waals surface area contributed by atoms with Crippen molar-refractivity contribution in [3.63, 3.8) is 0 Å². The Labute approximate surface area is 174 Å². The predicted molar refractivity (Wildman–Crippen MR) is 123 cm³/mol. The summed E-state index contributed by atoms with van der Waals surface area (Å²) < 4.78 is 7.33. The Morgan fingerprint density at radius 3 is 2.41 bits per heavy atom. The minimum absolute atomic E-state index is 0.0663. The molecule has 0 amide bonds. The first-order chi connectivity index (χ1) is 12.6. The van der Waals surface area contributed by atoms with Crippen molar-refractivity contribution in [3.05, 3.63) is 64.1 Å². The monoisotopic (exact) mass is 448 g/mol. The summed E-state index contributed by atoms with van der Waals surface area (Å²) >= 11 is 3.57. The molecular weight excluding hydrogens is 416 g/mol. The molecule has 0 aliphatic carbocycles. The summed E-state index contributed by atoms with van der Waals surface area (Å²) in [6.45, 7) is 13.1. The molecule has 0 aromatic heterocycles. The van der Waals surface area contributed by atoms with Crippen LogP contribution in [-0.2, 0) is 4.43 Å². The zero-order valence-electron chi connectivity index (χ0n) is 17.2.